The molecule has 0 spiro atoms. The normalized spacial score (nSPS) is 33.2. The minimum atomic E-state index is -0.318. The van der Waals surface area contributed by atoms with Crippen LogP contribution in [0.5, 0.6) is 0 Å². The summed E-state index contributed by atoms with van der Waals surface area (Å²) >= 11 is 1.50. The number of aryl methyl sites for hydroxylation is 1. The van der Waals surface area contributed by atoms with Gasteiger partial charge in [-0.2, -0.15) is 0 Å². The SMILES string of the molecule is CO[C@@]12CC[C@@H](O)C[C@@H]1N(C(=O)c1sccc1C)CC2. The third kappa shape index (κ3) is 2.08. The van der Waals surface area contributed by atoms with Gasteiger partial charge in [-0.1, -0.05) is 0 Å². The van der Waals surface area contributed by atoms with Crippen molar-refractivity contribution in [2.45, 2.75) is 50.4 Å². The van der Waals surface area contributed by atoms with Crippen LogP contribution >= 0.6 is 11.3 Å². The molecule has 1 saturated heterocycles. The van der Waals surface area contributed by atoms with E-state index in [1.165, 1.54) is 11.3 Å². The number of carbonyl (C=O) groups is 1. The van der Waals surface area contributed by atoms with E-state index < -0.39 is 0 Å². The Labute approximate surface area is 123 Å². The number of nitrogens with zero attached hydrogens (tertiary/aromatic N) is 1. The summed E-state index contributed by atoms with van der Waals surface area (Å²) in [5, 5.41) is 11.9. The van der Waals surface area contributed by atoms with Crippen LogP contribution in [0.1, 0.15) is 40.9 Å². The van der Waals surface area contributed by atoms with Gasteiger partial charge in [0, 0.05) is 13.7 Å². The topological polar surface area (TPSA) is 49.8 Å². The molecule has 0 unspecified atom stereocenters. The minimum absolute atomic E-state index is 0.00486. The Morgan fingerprint density at radius 1 is 1.55 bits per heavy atom. The third-order valence-corrected chi connectivity index (χ3v) is 5.88. The number of carbonyl (C=O) groups excluding carboxylic acids is 1. The maximum atomic E-state index is 12.7. The van der Waals surface area contributed by atoms with Gasteiger partial charge in [0.25, 0.3) is 5.91 Å². The van der Waals surface area contributed by atoms with Crippen LogP contribution in [-0.2, 0) is 4.74 Å². The lowest BCUT2D eigenvalue weighted by atomic mass is 9.79. The lowest BCUT2D eigenvalue weighted by Gasteiger charge is -2.42. The van der Waals surface area contributed by atoms with Crippen molar-refractivity contribution in [3.05, 3.63) is 21.9 Å². The predicted molar refractivity (Wildman–Crippen MR) is 78.1 cm³/mol. The van der Waals surface area contributed by atoms with Crippen LogP contribution in [0.2, 0.25) is 0 Å². The molecule has 0 aromatic carbocycles. The van der Waals surface area contributed by atoms with Crippen molar-refractivity contribution in [1.29, 1.82) is 0 Å². The molecule has 2 aliphatic rings. The smallest absolute Gasteiger partial charge is 0.264 e. The highest BCUT2D eigenvalue weighted by atomic mass is 32.1. The number of aliphatic hydroxyl groups excluding tert-OH is 1. The molecular formula is C15H21NO3S. The molecule has 2 fully saturated rings. The third-order valence-electron chi connectivity index (χ3n) is 4.88. The van der Waals surface area contributed by atoms with Crippen molar-refractivity contribution in [3.63, 3.8) is 0 Å². The zero-order valence-corrected chi connectivity index (χ0v) is 12.8. The van der Waals surface area contributed by atoms with Gasteiger partial charge in [-0.3, -0.25) is 4.79 Å². The maximum absolute atomic E-state index is 12.7. The summed E-state index contributed by atoms with van der Waals surface area (Å²) < 4.78 is 5.78. The second-order valence-corrected chi connectivity index (χ2v) is 6.81. The van der Waals surface area contributed by atoms with E-state index in [1.807, 2.05) is 23.3 Å². The summed E-state index contributed by atoms with van der Waals surface area (Å²) in [5.41, 5.74) is 0.784. The van der Waals surface area contributed by atoms with Crippen LogP contribution < -0.4 is 0 Å². The van der Waals surface area contributed by atoms with Gasteiger partial charge in [0.2, 0.25) is 0 Å². The molecule has 20 heavy (non-hydrogen) atoms. The molecule has 3 atom stereocenters. The van der Waals surface area contributed by atoms with Gasteiger partial charge in [-0.25, -0.2) is 0 Å². The second kappa shape index (κ2) is 5.13. The molecule has 1 N–H and O–H groups in total. The van der Waals surface area contributed by atoms with Crippen molar-refractivity contribution < 1.29 is 14.6 Å². The van der Waals surface area contributed by atoms with Crippen molar-refractivity contribution in [2.24, 2.45) is 0 Å². The van der Waals surface area contributed by atoms with Gasteiger partial charge in [0.1, 0.15) is 0 Å². The molecule has 0 radical (unpaired) electrons. The number of methoxy groups -OCH3 is 1. The van der Waals surface area contributed by atoms with E-state index >= 15 is 0 Å². The van der Waals surface area contributed by atoms with Gasteiger partial charge in [-0.15, -0.1) is 11.3 Å². The number of ether oxygens (including phenoxy) is 1. The monoisotopic (exact) mass is 295 g/mol. The highest BCUT2D eigenvalue weighted by Gasteiger charge is 2.52. The van der Waals surface area contributed by atoms with Crippen LogP contribution in [-0.4, -0.2) is 47.3 Å². The lowest BCUT2D eigenvalue weighted by molar-refractivity contribution is -0.0824. The van der Waals surface area contributed by atoms with Crippen LogP contribution in [0, 0.1) is 6.92 Å². The van der Waals surface area contributed by atoms with Crippen LogP contribution in [0.15, 0.2) is 11.4 Å². The molecule has 1 aromatic rings. The molecule has 1 aromatic heterocycles. The summed E-state index contributed by atoms with van der Waals surface area (Å²) in [7, 11) is 1.73. The fourth-order valence-corrected chi connectivity index (χ4v) is 4.52. The fraction of sp³-hybridized carbons (Fsp3) is 0.667. The highest BCUT2D eigenvalue weighted by Crippen LogP contribution is 2.43. The molecule has 1 amide bonds. The number of fused-ring (bicyclic) bond motifs is 1. The molecule has 1 aliphatic carbocycles. The Kier molecular flexibility index (Phi) is 3.60. The number of hydrogen-bond donors (Lipinski definition) is 1. The number of hydrogen-bond acceptors (Lipinski definition) is 4. The molecule has 2 heterocycles. The van der Waals surface area contributed by atoms with Gasteiger partial charge in [-0.05, 0) is 49.6 Å². The maximum Gasteiger partial charge on any atom is 0.264 e. The first kappa shape index (κ1) is 14.0. The summed E-state index contributed by atoms with van der Waals surface area (Å²) in [6.45, 7) is 2.69. The average molecular weight is 295 g/mol. The number of aliphatic hydroxyl groups is 1. The molecule has 5 heteroatoms. The van der Waals surface area contributed by atoms with E-state index in [9.17, 15) is 9.90 Å². The lowest BCUT2D eigenvalue weighted by Crippen LogP contribution is -2.52. The van der Waals surface area contributed by atoms with Crippen LogP contribution in [0.25, 0.3) is 0 Å². The van der Waals surface area contributed by atoms with Gasteiger partial charge in [0.15, 0.2) is 0 Å². The Hall–Kier alpha value is -0.910. The molecule has 110 valence electrons. The Morgan fingerprint density at radius 2 is 2.35 bits per heavy atom. The zero-order valence-electron chi connectivity index (χ0n) is 12.0. The number of rotatable bonds is 2. The first-order valence-electron chi connectivity index (χ1n) is 7.16. The van der Waals surface area contributed by atoms with E-state index in [2.05, 4.69) is 0 Å². The first-order chi connectivity index (χ1) is 9.57. The number of likely N-dealkylation sites (tertiary alicyclic amines) is 1. The number of thiophene rings is 1. The van der Waals surface area contributed by atoms with E-state index in [0.29, 0.717) is 6.42 Å². The summed E-state index contributed by atoms with van der Waals surface area (Å²) in [6.07, 6.45) is 2.79. The van der Waals surface area contributed by atoms with E-state index in [0.717, 1.165) is 36.2 Å². The first-order valence-corrected chi connectivity index (χ1v) is 8.03. The van der Waals surface area contributed by atoms with Crippen molar-refractivity contribution in [1.82, 2.24) is 4.90 Å². The molecule has 1 saturated carbocycles. The van der Waals surface area contributed by atoms with Crippen molar-refractivity contribution >= 4 is 17.2 Å². The van der Waals surface area contributed by atoms with Crippen molar-refractivity contribution in [3.8, 4) is 0 Å². The molecule has 3 rings (SSSR count). The molecule has 4 nitrogen and oxygen atoms in total. The second-order valence-electron chi connectivity index (χ2n) is 5.89. The van der Waals surface area contributed by atoms with Gasteiger partial charge >= 0.3 is 0 Å². The van der Waals surface area contributed by atoms with Crippen molar-refractivity contribution in [2.75, 3.05) is 13.7 Å². The molecule has 0 bridgehead atoms. The fourth-order valence-electron chi connectivity index (χ4n) is 3.64. The minimum Gasteiger partial charge on any atom is -0.393 e. The van der Waals surface area contributed by atoms with Gasteiger partial charge < -0.3 is 14.7 Å². The summed E-state index contributed by atoms with van der Waals surface area (Å²) in [4.78, 5) is 15.5. The van der Waals surface area contributed by atoms with E-state index in [1.54, 1.807) is 7.11 Å². The Balaban J connectivity index is 1.88. The average Bonchev–Trinajstić information content (AvgIpc) is 3.02. The highest BCUT2D eigenvalue weighted by molar-refractivity contribution is 7.12. The molecule has 1 aliphatic heterocycles. The largest absolute Gasteiger partial charge is 0.393 e. The van der Waals surface area contributed by atoms with Crippen LogP contribution in [0.4, 0.5) is 0 Å². The summed E-state index contributed by atoms with van der Waals surface area (Å²) in [5.74, 6) is 0.0931. The zero-order chi connectivity index (χ0) is 14.3. The van der Waals surface area contributed by atoms with E-state index in [-0.39, 0.29) is 23.7 Å². The predicted octanol–water partition coefficient (Wildman–Crippen LogP) is 2.20. The van der Waals surface area contributed by atoms with Gasteiger partial charge in [0.05, 0.1) is 22.6 Å². The Morgan fingerprint density at radius 3 is 3.00 bits per heavy atom. The molecular weight excluding hydrogens is 274 g/mol. The summed E-state index contributed by atoms with van der Waals surface area (Å²) in [6, 6.07) is 1.98. The standard InChI is InChI=1S/C15H21NO3S/c1-10-4-8-20-13(10)14(18)16-7-6-15(19-2)5-3-11(17)9-12(15)16/h4,8,11-12,17H,3,5-7,9H2,1-2H3/t11-,12+,15-/m1/s1. The Bertz CT molecular complexity index is 515. The van der Waals surface area contributed by atoms with E-state index in [4.69, 9.17) is 4.74 Å². The quantitative estimate of drug-likeness (QED) is 0.910. The van der Waals surface area contributed by atoms with Crippen LogP contribution in [0.3, 0.4) is 0 Å². The number of amides is 1.